The lowest BCUT2D eigenvalue weighted by molar-refractivity contribution is -0.133. The molecule has 0 aliphatic rings. The summed E-state index contributed by atoms with van der Waals surface area (Å²) in [5.74, 6) is -0.198. The molecule has 0 saturated heterocycles. The van der Waals surface area contributed by atoms with Crippen molar-refractivity contribution in [2.24, 2.45) is 0 Å². The molecule has 0 radical (unpaired) electrons. The van der Waals surface area contributed by atoms with E-state index in [0.29, 0.717) is 22.1 Å². The van der Waals surface area contributed by atoms with Crippen LogP contribution >= 0.6 is 11.6 Å². The lowest BCUT2D eigenvalue weighted by Crippen LogP contribution is -2.48. The van der Waals surface area contributed by atoms with E-state index in [4.69, 9.17) is 21.1 Å². The van der Waals surface area contributed by atoms with Crippen LogP contribution in [0.5, 0.6) is 11.5 Å². The molecule has 0 bridgehead atoms. The number of amides is 2. The number of benzene rings is 2. The van der Waals surface area contributed by atoms with Gasteiger partial charge in [-0.15, -0.1) is 0 Å². The minimum Gasteiger partial charge on any atom is -0.484 e. The van der Waals surface area contributed by atoms with E-state index in [1.807, 2.05) is 6.92 Å². The van der Waals surface area contributed by atoms with E-state index in [-0.39, 0.29) is 12.4 Å². The van der Waals surface area contributed by atoms with Crippen LogP contribution in [0.2, 0.25) is 5.02 Å². The van der Waals surface area contributed by atoms with Gasteiger partial charge < -0.3 is 9.47 Å². The Kier molecular flexibility index (Phi) is 7.40. The highest BCUT2D eigenvalue weighted by molar-refractivity contribution is 6.31. The molecular formula is C20H21ClN2O5. The average Bonchev–Trinajstić information content (AvgIpc) is 2.67. The zero-order valence-electron chi connectivity index (χ0n) is 15.7. The summed E-state index contributed by atoms with van der Waals surface area (Å²) in [6.07, 6.45) is -0.858. The van der Waals surface area contributed by atoms with Crippen molar-refractivity contribution in [2.45, 2.75) is 26.9 Å². The van der Waals surface area contributed by atoms with Gasteiger partial charge in [-0.1, -0.05) is 11.6 Å². The topological polar surface area (TPSA) is 93.7 Å². The Hall–Kier alpha value is -3.06. The molecule has 0 spiro atoms. The van der Waals surface area contributed by atoms with Crippen LogP contribution in [-0.2, 0) is 9.59 Å². The molecule has 0 saturated carbocycles. The van der Waals surface area contributed by atoms with Crippen molar-refractivity contribution >= 4 is 29.2 Å². The van der Waals surface area contributed by atoms with Gasteiger partial charge in [-0.3, -0.25) is 25.2 Å². The second-order valence-corrected chi connectivity index (χ2v) is 6.48. The van der Waals surface area contributed by atoms with Crippen molar-refractivity contribution in [2.75, 3.05) is 6.61 Å². The molecule has 7 nitrogen and oxygen atoms in total. The minimum atomic E-state index is -0.858. The number of hydrogen-bond donors (Lipinski definition) is 2. The smallest absolute Gasteiger partial charge is 0.279 e. The monoisotopic (exact) mass is 404 g/mol. The van der Waals surface area contributed by atoms with Gasteiger partial charge in [0.2, 0.25) is 0 Å². The Labute approximate surface area is 167 Å². The van der Waals surface area contributed by atoms with Crippen LogP contribution in [0.3, 0.4) is 0 Å². The van der Waals surface area contributed by atoms with E-state index in [2.05, 4.69) is 10.9 Å². The third-order valence-corrected chi connectivity index (χ3v) is 4.19. The van der Waals surface area contributed by atoms with Gasteiger partial charge in [0.15, 0.2) is 18.5 Å². The molecule has 0 aliphatic heterocycles. The van der Waals surface area contributed by atoms with E-state index in [1.165, 1.54) is 13.8 Å². The fraction of sp³-hybridized carbons (Fsp3) is 0.250. The summed E-state index contributed by atoms with van der Waals surface area (Å²) in [5.41, 5.74) is 5.90. The molecule has 1 unspecified atom stereocenters. The number of halogens is 1. The number of hydrogen-bond acceptors (Lipinski definition) is 5. The van der Waals surface area contributed by atoms with Gasteiger partial charge in [-0.25, -0.2) is 0 Å². The predicted molar refractivity (Wildman–Crippen MR) is 105 cm³/mol. The number of carbonyl (C=O) groups is 3. The molecule has 2 aromatic rings. The van der Waals surface area contributed by atoms with Gasteiger partial charge in [0.05, 0.1) is 0 Å². The summed E-state index contributed by atoms with van der Waals surface area (Å²) in [6, 6.07) is 11.5. The lowest BCUT2D eigenvalue weighted by Gasteiger charge is -2.15. The van der Waals surface area contributed by atoms with E-state index in [9.17, 15) is 14.4 Å². The molecule has 2 rings (SSSR count). The summed E-state index contributed by atoms with van der Waals surface area (Å²) in [6.45, 7) is 4.55. The summed E-state index contributed by atoms with van der Waals surface area (Å²) in [7, 11) is 0. The van der Waals surface area contributed by atoms with Gasteiger partial charge in [-0.2, -0.15) is 0 Å². The Bertz CT molecular complexity index is 867. The standard InChI is InChI=1S/C20H21ClN2O5/c1-12-10-17(8-9-18(12)21)27-11-19(25)22-23-20(26)14(3)28-16-6-4-15(5-7-16)13(2)24/h4-10,14H,11H2,1-3H3,(H,22,25)(H,23,26). The number of rotatable bonds is 7. The van der Waals surface area contributed by atoms with Crippen LogP contribution in [0.4, 0.5) is 0 Å². The summed E-state index contributed by atoms with van der Waals surface area (Å²) < 4.78 is 10.8. The van der Waals surface area contributed by atoms with Gasteiger partial charge in [0.1, 0.15) is 11.5 Å². The Morgan fingerprint density at radius 1 is 1.04 bits per heavy atom. The maximum absolute atomic E-state index is 12.0. The number of carbonyl (C=O) groups excluding carboxylic acids is 3. The van der Waals surface area contributed by atoms with E-state index < -0.39 is 17.9 Å². The summed E-state index contributed by atoms with van der Waals surface area (Å²) >= 11 is 5.93. The zero-order valence-corrected chi connectivity index (χ0v) is 16.5. The van der Waals surface area contributed by atoms with Gasteiger partial charge in [-0.05, 0) is 68.8 Å². The second-order valence-electron chi connectivity index (χ2n) is 6.08. The predicted octanol–water partition coefficient (Wildman–Crippen LogP) is 2.84. The molecule has 1 atom stereocenters. The number of ether oxygens (including phenoxy) is 2. The van der Waals surface area contributed by atoms with Gasteiger partial charge >= 0.3 is 0 Å². The first-order valence-corrected chi connectivity index (χ1v) is 8.89. The summed E-state index contributed by atoms with van der Waals surface area (Å²) in [5, 5.41) is 0.606. The van der Waals surface area contributed by atoms with Crippen LogP contribution in [0.15, 0.2) is 42.5 Å². The number of nitrogens with one attached hydrogen (secondary N) is 2. The molecule has 28 heavy (non-hydrogen) atoms. The molecule has 0 heterocycles. The fourth-order valence-corrected chi connectivity index (χ4v) is 2.27. The minimum absolute atomic E-state index is 0.0592. The van der Waals surface area contributed by atoms with Crippen molar-refractivity contribution in [1.29, 1.82) is 0 Å². The molecule has 2 amide bonds. The molecule has 8 heteroatoms. The van der Waals surface area contributed by atoms with Gasteiger partial charge in [0, 0.05) is 10.6 Å². The Morgan fingerprint density at radius 3 is 2.29 bits per heavy atom. The highest BCUT2D eigenvalue weighted by atomic mass is 35.5. The van der Waals surface area contributed by atoms with Crippen LogP contribution in [0.25, 0.3) is 0 Å². The first kappa shape index (κ1) is 21.2. The molecule has 2 N–H and O–H groups in total. The normalized spacial score (nSPS) is 11.3. The lowest BCUT2D eigenvalue weighted by atomic mass is 10.1. The molecule has 0 aromatic heterocycles. The fourth-order valence-electron chi connectivity index (χ4n) is 2.15. The molecular weight excluding hydrogens is 384 g/mol. The Balaban J connectivity index is 1.76. The van der Waals surface area contributed by atoms with Crippen LogP contribution in [0.1, 0.15) is 29.8 Å². The molecule has 0 fully saturated rings. The first-order valence-electron chi connectivity index (χ1n) is 8.51. The largest absolute Gasteiger partial charge is 0.484 e. The maximum atomic E-state index is 12.0. The highest BCUT2D eigenvalue weighted by Gasteiger charge is 2.16. The van der Waals surface area contributed by atoms with E-state index >= 15 is 0 Å². The van der Waals surface area contributed by atoms with E-state index in [0.717, 1.165) is 5.56 Å². The first-order chi connectivity index (χ1) is 13.3. The average molecular weight is 405 g/mol. The third kappa shape index (κ3) is 6.28. The second kappa shape index (κ2) is 9.75. The van der Waals surface area contributed by atoms with Crippen molar-refractivity contribution in [1.82, 2.24) is 10.9 Å². The quantitative estimate of drug-likeness (QED) is 0.546. The SMILES string of the molecule is CC(=O)c1ccc(OC(C)C(=O)NNC(=O)COc2ccc(Cl)c(C)c2)cc1. The highest BCUT2D eigenvalue weighted by Crippen LogP contribution is 2.20. The van der Waals surface area contributed by atoms with E-state index in [1.54, 1.807) is 42.5 Å². The van der Waals surface area contributed by atoms with Crippen molar-refractivity contribution < 1.29 is 23.9 Å². The number of ketones is 1. The maximum Gasteiger partial charge on any atom is 0.279 e. The molecule has 0 aliphatic carbocycles. The van der Waals surface area contributed by atoms with Crippen molar-refractivity contribution in [3.8, 4) is 11.5 Å². The van der Waals surface area contributed by atoms with Crippen LogP contribution in [-0.4, -0.2) is 30.3 Å². The van der Waals surface area contributed by atoms with Crippen LogP contribution < -0.4 is 20.3 Å². The third-order valence-electron chi connectivity index (χ3n) is 3.77. The number of hydrazine groups is 1. The molecule has 2 aromatic carbocycles. The van der Waals surface area contributed by atoms with Crippen molar-refractivity contribution in [3.05, 3.63) is 58.6 Å². The number of aryl methyl sites for hydroxylation is 1. The summed E-state index contributed by atoms with van der Waals surface area (Å²) in [4.78, 5) is 35.1. The Morgan fingerprint density at radius 2 is 1.68 bits per heavy atom. The zero-order chi connectivity index (χ0) is 20.7. The molecule has 148 valence electrons. The van der Waals surface area contributed by atoms with Gasteiger partial charge in [0.25, 0.3) is 11.8 Å². The van der Waals surface area contributed by atoms with Crippen molar-refractivity contribution in [3.63, 3.8) is 0 Å². The van der Waals surface area contributed by atoms with Crippen LogP contribution in [0, 0.1) is 6.92 Å². The number of Topliss-reactive ketones (excluding diaryl/α,β-unsaturated/α-hetero) is 1.